The van der Waals surface area contributed by atoms with Crippen LogP contribution in [0.3, 0.4) is 0 Å². The van der Waals surface area contributed by atoms with Gasteiger partial charge in [0.2, 0.25) is 0 Å². The molecule has 0 saturated carbocycles. The topological polar surface area (TPSA) is 30.5 Å². The minimum Gasteiger partial charge on any atom is -0.493 e. The van der Waals surface area contributed by atoms with E-state index in [0.717, 1.165) is 26.3 Å². The zero-order valence-corrected chi connectivity index (χ0v) is 17.6. The number of rotatable bonds is 7. The monoisotopic (exact) mass is 445 g/mol. The number of hydrogen-bond donors (Lipinski definition) is 1. The summed E-state index contributed by atoms with van der Waals surface area (Å²) in [5, 5.41) is 4.10. The van der Waals surface area contributed by atoms with Crippen molar-refractivity contribution in [2.75, 3.05) is 12.4 Å². The first-order chi connectivity index (χ1) is 13.0. The van der Waals surface area contributed by atoms with Crippen molar-refractivity contribution in [3.63, 3.8) is 0 Å². The predicted molar refractivity (Wildman–Crippen MR) is 115 cm³/mol. The second kappa shape index (κ2) is 9.16. The van der Waals surface area contributed by atoms with Crippen LogP contribution in [0.4, 0.5) is 5.69 Å². The molecule has 0 spiro atoms. The van der Waals surface area contributed by atoms with Gasteiger partial charge < -0.3 is 14.8 Å². The fourth-order valence-corrected chi connectivity index (χ4v) is 3.18. The number of anilines is 1. The molecule has 3 rings (SSSR count). The van der Waals surface area contributed by atoms with Gasteiger partial charge in [0, 0.05) is 21.7 Å². The van der Waals surface area contributed by atoms with Gasteiger partial charge in [-0.15, -0.1) is 0 Å². The fourth-order valence-electron chi connectivity index (χ4n) is 2.60. The molecule has 0 unspecified atom stereocenters. The van der Waals surface area contributed by atoms with Gasteiger partial charge in [-0.25, -0.2) is 0 Å². The summed E-state index contributed by atoms with van der Waals surface area (Å²) in [5.41, 5.74) is 4.43. The number of nitrogens with one attached hydrogen (secondary N) is 1. The molecule has 0 bridgehead atoms. The molecule has 0 aliphatic rings. The molecule has 0 aliphatic carbocycles. The largest absolute Gasteiger partial charge is 0.493 e. The van der Waals surface area contributed by atoms with Crippen LogP contribution in [0, 0.1) is 6.92 Å². The maximum Gasteiger partial charge on any atom is 0.162 e. The SMILES string of the molecule is COc1cc(CNc2ccc(Cl)cc2)c(Br)cc1OCc1ccc(C)cc1. The van der Waals surface area contributed by atoms with Gasteiger partial charge in [0.15, 0.2) is 11.5 Å². The Hall–Kier alpha value is -2.17. The molecule has 3 nitrogen and oxygen atoms in total. The van der Waals surface area contributed by atoms with Crippen molar-refractivity contribution in [2.24, 2.45) is 0 Å². The maximum atomic E-state index is 5.98. The van der Waals surface area contributed by atoms with Gasteiger partial charge in [0.05, 0.1) is 7.11 Å². The summed E-state index contributed by atoms with van der Waals surface area (Å²) < 4.78 is 12.5. The van der Waals surface area contributed by atoms with Gasteiger partial charge in [-0.2, -0.15) is 0 Å². The highest BCUT2D eigenvalue weighted by Gasteiger charge is 2.11. The van der Waals surface area contributed by atoms with Gasteiger partial charge in [-0.1, -0.05) is 57.4 Å². The molecule has 0 saturated heterocycles. The lowest BCUT2D eigenvalue weighted by atomic mass is 10.1. The third-order valence-electron chi connectivity index (χ3n) is 4.17. The van der Waals surface area contributed by atoms with Crippen LogP contribution in [-0.2, 0) is 13.2 Å². The average Bonchev–Trinajstić information content (AvgIpc) is 2.68. The molecule has 5 heteroatoms. The molecule has 27 heavy (non-hydrogen) atoms. The van der Waals surface area contributed by atoms with Crippen LogP contribution >= 0.6 is 27.5 Å². The van der Waals surface area contributed by atoms with Crippen LogP contribution in [0.25, 0.3) is 0 Å². The quantitative estimate of drug-likeness (QED) is 0.443. The van der Waals surface area contributed by atoms with Crippen LogP contribution < -0.4 is 14.8 Å². The molecule has 0 aromatic heterocycles. The summed E-state index contributed by atoms with van der Waals surface area (Å²) in [5.74, 6) is 1.42. The Morgan fingerprint density at radius 2 is 1.67 bits per heavy atom. The normalized spacial score (nSPS) is 10.5. The Kier molecular flexibility index (Phi) is 6.64. The van der Waals surface area contributed by atoms with Crippen LogP contribution in [0.15, 0.2) is 65.1 Å². The minimum atomic E-state index is 0.492. The Bertz CT molecular complexity index is 895. The first kappa shape index (κ1) is 19.6. The van der Waals surface area contributed by atoms with Crippen LogP contribution in [-0.4, -0.2) is 7.11 Å². The summed E-state index contributed by atoms with van der Waals surface area (Å²) >= 11 is 9.56. The second-order valence-corrected chi connectivity index (χ2v) is 7.52. The van der Waals surface area contributed by atoms with Crippen LogP contribution in [0.2, 0.25) is 5.02 Å². The molecule has 0 radical (unpaired) electrons. The average molecular weight is 447 g/mol. The van der Waals surface area contributed by atoms with E-state index >= 15 is 0 Å². The third kappa shape index (κ3) is 5.41. The molecule has 0 fully saturated rings. The number of hydrogen-bond acceptors (Lipinski definition) is 3. The van der Waals surface area contributed by atoms with E-state index in [1.54, 1.807) is 7.11 Å². The number of ether oxygens (including phenoxy) is 2. The standard InChI is InChI=1S/C22H21BrClNO2/c1-15-3-5-16(6-4-15)14-27-22-12-20(23)17(11-21(22)26-2)13-25-19-9-7-18(24)8-10-19/h3-12,25H,13-14H2,1-2H3. The van der Waals surface area contributed by atoms with E-state index in [0.29, 0.717) is 24.7 Å². The van der Waals surface area contributed by atoms with Gasteiger partial charge in [-0.3, -0.25) is 0 Å². The predicted octanol–water partition coefficient (Wildman–Crippen LogP) is 6.61. The Morgan fingerprint density at radius 1 is 0.963 bits per heavy atom. The summed E-state index contributed by atoms with van der Waals surface area (Å²) in [6, 6.07) is 19.9. The van der Waals surface area contributed by atoms with Crippen molar-refractivity contribution in [3.8, 4) is 11.5 Å². The lowest BCUT2D eigenvalue weighted by Gasteiger charge is -2.15. The van der Waals surface area contributed by atoms with E-state index in [9.17, 15) is 0 Å². The number of aryl methyl sites for hydroxylation is 1. The van der Waals surface area contributed by atoms with Crippen molar-refractivity contribution >= 4 is 33.2 Å². The summed E-state index contributed by atoms with van der Waals surface area (Å²) in [6.45, 7) is 3.21. The van der Waals surface area contributed by atoms with E-state index in [4.69, 9.17) is 21.1 Å². The van der Waals surface area contributed by atoms with Crippen molar-refractivity contribution in [3.05, 3.63) is 86.8 Å². The van der Waals surface area contributed by atoms with E-state index in [1.165, 1.54) is 5.56 Å². The van der Waals surface area contributed by atoms with Gasteiger partial charge >= 0.3 is 0 Å². The highest BCUT2D eigenvalue weighted by Crippen LogP contribution is 2.34. The van der Waals surface area contributed by atoms with Crippen molar-refractivity contribution < 1.29 is 9.47 Å². The first-order valence-electron chi connectivity index (χ1n) is 8.59. The van der Waals surface area contributed by atoms with Crippen molar-refractivity contribution in [1.29, 1.82) is 0 Å². The summed E-state index contributed by atoms with van der Waals surface area (Å²) in [7, 11) is 1.65. The van der Waals surface area contributed by atoms with Gasteiger partial charge in [-0.05, 0) is 54.4 Å². The maximum absolute atomic E-state index is 5.98. The van der Waals surface area contributed by atoms with Crippen molar-refractivity contribution in [1.82, 2.24) is 0 Å². The molecule has 0 amide bonds. The second-order valence-electron chi connectivity index (χ2n) is 6.23. The highest BCUT2D eigenvalue weighted by atomic mass is 79.9. The van der Waals surface area contributed by atoms with E-state index < -0.39 is 0 Å². The Labute approximate surface area is 173 Å². The molecule has 140 valence electrons. The first-order valence-corrected chi connectivity index (χ1v) is 9.76. The van der Waals surface area contributed by atoms with Crippen molar-refractivity contribution in [2.45, 2.75) is 20.1 Å². The van der Waals surface area contributed by atoms with Gasteiger partial charge in [0.1, 0.15) is 6.61 Å². The zero-order chi connectivity index (χ0) is 19.2. The summed E-state index contributed by atoms with van der Waals surface area (Å²) in [6.07, 6.45) is 0. The molecule has 0 aliphatic heterocycles. The molecule has 3 aromatic carbocycles. The third-order valence-corrected chi connectivity index (χ3v) is 5.16. The molecular formula is C22H21BrClNO2. The Morgan fingerprint density at radius 3 is 2.33 bits per heavy atom. The number of halogens is 2. The molecular weight excluding hydrogens is 426 g/mol. The smallest absolute Gasteiger partial charge is 0.162 e. The minimum absolute atomic E-state index is 0.492. The summed E-state index contributed by atoms with van der Waals surface area (Å²) in [4.78, 5) is 0. The Balaban J connectivity index is 1.70. The lowest BCUT2D eigenvalue weighted by molar-refractivity contribution is 0.284. The zero-order valence-electron chi connectivity index (χ0n) is 15.3. The van der Waals surface area contributed by atoms with E-state index in [1.807, 2.05) is 36.4 Å². The molecule has 0 heterocycles. The molecule has 3 aromatic rings. The molecule has 1 N–H and O–H groups in total. The lowest BCUT2D eigenvalue weighted by Crippen LogP contribution is -2.03. The van der Waals surface area contributed by atoms with Gasteiger partial charge in [0.25, 0.3) is 0 Å². The number of methoxy groups -OCH3 is 1. The number of benzene rings is 3. The molecule has 0 atom stereocenters. The fraction of sp³-hybridized carbons (Fsp3) is 0.182. The highest BCUT2D eigenvalue weighted by molar-refractivity contribution is 9.10. The van der Waals surface area contributed by atoms with E-state index in [-0.39, 0.29) is 0 Å². The van der Waals surface area contributed by atoms with E-state index in [2.05, 4.69) is 52.4 Å². The van der Waals surface area contributed by atoms with Crippen LogP contribution in [0.5, 0.6) is 11.5 Å². The van der Waals surface area contributed by atoms with Crippen LogP contribution in [0.1, 0.15) is 16.7 Å².